The van der Waals surface area contributed by atoms with Crippen molar-refractivity contribution in [1.29, 1.82) is 0 Å². The Labute approximate surface area is 198 Å². The largest absolute Gasteiger partial charge is 0.494 e. The number of ether oxygens (including phenoxy) is 1. The Hall–Kier alpha value is -3.50. The van der Waals surface area contributed by atoms with E-state index < -0.39 is 0 Å². The molecule has 0 heterocycles. The van der Waals surface area contributed by atoms with E-state index in [2.05, 4.69) is 111 Å². The first kappa shape index (κ1) is 22.7. The van der Waals surface area contributed by atoms with E-state index >= 15 is 0 Å². The Morgan fingerprint density at radius 1 is 0.606 bits per heavy atom. The quantitative estimate of drug-likeness (QED) is 0.200. The molecular weight excluding hydrogens is 400 g/mol. The molecule has 0 saturated heterocycles. The van der Waals surface area contributed by atoms with Gasteiger partial charge >= 0.3 is 0 Å². The van der Waals surface area contributed by atoms with E-state index in [1.165, 1.54) is 46.7 Å². The van der Waals surface area contributed by atoms with Gasteiger partial charge < -0.3 is 4.74 Å². The van der Waals surface area contributed by atoms with E-state index in [0.29, 0.717) is 0 Å². The molecule has 0 atom stereocenters. The highest BCUT2D eigenvalue weighted by molar-refractivity contribution is 5.85. The topological polar surface area (TPSA) is 9.23 Å². The van der Waals surface area contributed by atoms with Crippen molar-refractivity contribution in [3.05, 3.63) is 102 Å². The molecule has 0 spiro atoms. The Kier molecular flexibility index (Phi) is 7.83. The summed E-state index contributed by atoms with van der Waals surface area (Å²) in [5.41, 5.74) is 5.92. The molecule has 0 bridgehead atoms. The van der Waals surface area contributed by atoms with Gasteiger partial charge in [0.1, 0.15) is 5.75 Å². The molecule has 0 amide bonds. The number of fused-ring (bicyclic) bond motifs is 1. The van der Waals surface area contributed by atoms with Crippen LogP contribution in [0.5, 0.6) is 5.75 Å². The van der Waals surface area contributed by atoms with Gasteiger partial charge in [0.25, 0.3) is 0 Å². The fourth-order valence-corrected chi connectivity index (χ4v) is 3.98. The van der Waals surface area contributed by atoms with E-state index in [9.17, 15) is 0 Å². The third-order valence-corrected chi connectivity index (χ3v) is 5.89. The van der Waals surface area contributed by atoms with Gasteiger partial charge in [-0.25, -0.2) is 0 Å². The van der Waals surface area contributed by atoms with Crippen molar-refractivity contribution in [2.75, 3.05) is 6.61 Å². The normalized spacial score (nSPS) is 10.6. The first-order chi connectivity index (χ1) is 16.2. The highest BCUT2D eigenvalue weighted by Gasteiger charge is 2.00. The molecule has 0 aliphatic heterocycles. The van der Waals surface area contributed by atoms with Gasteiger partial charge in [-0.2, -0.15) is 0 Å². The van der Waals surface area contributed by atoms with Crippen molar-refractivity contribution < 1.29 is 4.74 Å². The summed E-state index contributed by atoms with van der Waals surface area (Å²) >= 11 is 0. The molecule has 4 aromatic rings. The zero-order valence-corrected chi connectivity index (χ0v) is 19.7. The second kappa shape index (κ2) is 11.4. The predicted molar refractivity (Wildman–Crippen MR) is 141 cm³/mol. The SMILES string of the molecule is CCCCCOc1ccc2cc(C#Cc3ccc(-c4ccc(CCC)cc4)cc3)ccc2c1. The molecule has 4 aromatic carbocycles. The maximum atomic E-state index is 5.88. The molecule has 0 saturated carbocycles. The van der Waals surface area contributed by atoms with Crippen LogP contribution in [0.1, 0.15) is 56.2 Å². The lowest BCUT2D eigenvalue weighted by molar-refractivity contribution is 0.306. The molecule has 0 aliphatic rings. The third-order valence-electron chi connectivity index (χ3n) is 5.89. The fourth-order valence-electron chi connectivity index (χ4n) is 3.98. The average molecular weight is 433 g/mol. The summed E-state index contributed by atoms with van der Waals surface area (Å²) in [6.45, 7) is 5.21. The minimum atomic E-state index is 0.784. The standard InChI is InChI=1S/C32H32O/c1-3-5-6-22-33-32-21-20-30-23-27(14-19-31(30)24-32)9-8-26-12-17-29(18-13-26)28-15-10-25(7-4-2)11-16-28/h10-21,23-24H,3-7,22H2,1-2H3. The number of benzene rings is 4. The summed E-state index contributed by atoms with van der Waals surface area (Å²) in [6.07, 6.45) is 5.85. The van der Waals surface area contributed by atoms with Crippen LogP contribution in [0.2, 0.25) is 0 Å². The monoisotopic (exact) mass is 432 g/mol. The van der Waals surface area contributed by atoms with Gasteiger partial charge in [0.2, 0.25) is 0 Å². The molecule has 0 aliphatic carbocycles. The zero-order valence-electron chi connectivity index (χ0n) is 19.7. The average Bonchev–Trinajstić information content (AvgIpc) is 2.86. The zero-order chi connectivity index (χ0) is 22.9. The van der Waals surface area contributed by atoms with Crippen LogP contribution in [0.4, 0.5) is 0 Å². The van der Waals surface area contributed by atoms with E-state index in [1.807, 2.05) is 0 Å². The molecule has 0 radical (unpaired) electrons. The first-order valence-electron chi connectivity index (χ1n) is 12.1. The lowest BCUT2D eigenvalue weighted by Gasteiger charge is -2.07. The molecule has 0 aromatic heterocycles. The number of aryl methyl sites for hydroxylation is 1. The van der Waals surface area contributed by atoms with Crippen LogP contribution < -0.4 is 4.74 Å². The van der Waals surface area contributed by atoms with Crippen molar-refractivity contribution in [1.82, 2.24) is 0 Å². The molecule has 1 heteroatoms. The molecule has 4 rings (SSSR count). The number of rotatable bonds is 8. The van der Waals surface area contributed by atoms with Crippen LogP contribution in [-0.2, 0) is 6.42 Å². The van der Waals surface area contributed by atoms with Crippen molar-refractivity contribution in [2.45, 2.75) is 46.0 Å². The number of hydrogen-bond donors (Lipinski definition) is 0. The van der Waals surface area contributed by atoms with Crippen molar-refractivity contribution in [3.8, 4) is 28.7 Å². The summed E-state index contributed by atoms with van der Waals surface area (Å²) in [7, 11) is 0. The molecule has 166 valence electrons. The first-order valence-corrected chi connectivity index (χ1v) is 12.1. The minimum Gasteiger partial charge on any atom is -0.494 e. The Bertz CT molecular complexity index is 1240. The summed E-state index contributed by atoms with van der Waals surface area (Å²) in [5, 5.41) is 2.37. The molecule has 0 fully saturated rings. The third kappa shape index (κ3) is 6.27. The van der Waals surface area contributed by atoms with E-state index in [4.69, 9.17) is 4.74 Å². The van der Waals surface area contributed by atoms with Gasteiger partial charge in [-0.05, 0) is 76.7 Å². The number of hydrogen-bond acceptors (Lipinski definition) is 1. The van der Waals surface area contributed by atoms with Gasteiger partial charge in [0.05, 0.1) is 6.61 Å². The molecular formula is C32H32O. The van der Waals surface area contributed by atoms with Crippen LogP contribution >= 0.6 is 0 Å². The lowest BCUT2D eigenvalue weighted by Crippen LogP contribution is -1.96. The molecule has 33 heavy (non-hydrogen) atoms. The Morgan fingerprint density at radius 3 is 1.97 bits per heavy atom. The predicted octanol–water partition coefficient (Wildman–Crippen LogP) is 8.43. The van der Waals surface area contributed by atoms with E-state index in [1.54, 1.807) is 0 Å². The molecule has 1 nitrogen and oxygen atoms in total. The highest BCUT2D eigenvalue weighted by atomic mass is 16.5. The highest BCUT2D eigenvalue weighted by Crippen LogP contribution is 2.23. The Balaban J connectivity index is 1.43. The van der Waals surface area contributed by atoms with Gasteiger partial charge in [0.15, 0.2) is 0 Å². The van der Waals surface area contributed by atoms with Crippen LogP contribution in [-0.4, -0.2) is 6.61 Å². The summed E-state index contributed by atoms with van der Waals surface area (Å²) < 4.78 is 5.88. The number of unbranched alkanes of at least 4 members (excludes halogenated alkanes) is 2. The second-order valence-electron chi connectivity index (χ2n) is 8.55. The van der Waals surface area contributed by atoms with Crippen molar-refractivity contribution in [2.24, 2.45) is 0 Å². The summed E-state index contributed by atoms with van der Waals surface area (Å²) in [6, 6.07) is 30.1. The van der Waals surface area contributed by atoms with Crippen LogP contribution in [0.15, 0.2) is 84.9 Å². The maximum absolute atomic E-state index is 5.88. The van der Waals surface area contributed by atoms with Crippen molar-refractivity contribution in [3.63, 3.8) is 0 Å². The van der Waals surface area contributed by atoms with Gasteiger partial charge in [-0.15, -0.1) is 0 Å². The van der Waals surface area contributed by atoms with E-state index in [-0.39, 0.29) is 0 Å². The van der Waals surface area contributed by atoms with Gasteiger partial charge in [-0.3, -0.25) is 0 Å². The Morgan fingerprint density at radius 2 is 1.24 bits per heavy atom. The van der Waals surface area contributed by atoms with Crippen molar-refractivity contribution >= 4 is 10.8 Å². The smallest absolute Gasteiger partial charge is 0.119 e. The van der Waals surface area contributed by atoms with Crippen LogP contribution in [0.3, 0.4) is 0 Å². The summed E-state index contributed by atoms with van der Waals surface area (Å²) in [5.74, 6) is 7.56. The minimum absolute atomic E-state index is 0.784. The van der Waals surface area contributed by atoms with Gasteiger partial charge in [0, 0.05) is 11.1 Å². The van der Waals surface area contributed by atoms with Gasteiger partial charge in [-0.1, -0.05) is 93.5 Å². The second-order valence-corrected chi connectivity index (χ2v) is 8.55. The molecule has 0 unspecified atom stereocenters. The van der Waals surface area contributed by atoms with Crippen LogP contribution in [0, 0.1) is 11.8 Å². The maximum Gasteiger partial charge on any atom is 0.119 e. The fraction of sp³-hybridized carbons (Fsp3) is 0.250. The summed E-state index contributed by atoms with van der Waals surface area (Å²) in [4.78, 5) is 0. The van der Waals surface area contributed by atoms with E-state index in [0.717, 1.165) is 36.3 Å². The molecule has 0 N–H and O–H groups in total. The lowest BCUT2D eigenvalue weighted by atomic mass is 10.0. The van der Waals surface area contributed by atoms with Crippen LogP contribution in [0.25, 0.3) is 21.9 Å².